The molecule has 25 heavy (non-hydrogen) atoms. The number of benzene rings is 2. The van der Waals surface area contributed by atoms with Crippen molar-refractivity contribution in [3.05, 3.63) is 65.7 Å². The van der Waals surface area contributed by atoms with Crippen LogP contribution in [-0.2, 0) is 5.75 Å². The lowest BCUT2D eigenvalue weighted by molar-refractivity contribution is 0.0939. The van der Waals surface area contributed by atoms with E-state index in [0.29, 0.717) is 18.6 Å². The van der Waals surface area contributed by atoms with Gasteiger partial charge in [-0.2, -0.15) is 0 Å². The van der Waals surface area contributed by atoms with Gasteiger partial charge in [0.25, 0.3) is 5.91 Å². The number of carbonyl (C=O) groups is 1. The van der Waals surface area contributed by atoms with Crippen molar-refractivity contribution < 1.29 is 4.79 Å². The number of nitrogens with zero attached hydrogens (tertiary/aromatic N) is 1. The molecule has 1 aliphatic rings. The van der Waals surface area contributed by atoms with Crippen LogP contribution >= 0.6 is 11.8 Å². The van der Waals surface area contributed by atoms with Gasteiger partial charge in [0.1, 0.15) is 0 Å². The minimum absolute atomic E-state index is 0.00987. The maximum atomic E-state index is 12.3. The molecule has 2 aromatic carbocycles. The van der Waals surface area contributed by atoms with Crippen molar-refractivity contribution in [2.45, 2.75) is 42.5 Å². The van der Waals surface area contributed by atoms with Crippen molar-refractivity contribution in [3.8, 4) is 0 Å². The first-order valence-electron chi connectivity index (χ1n) is 8.90. The van der Waals surface area contributed by atoms with Crippen molar-refractivity contribution in [3.63, 3.8) is 0 Å². The molecule has 132 valence electrons. The highest BCUT2D eigenvalue weighted by Crippen LogP contribution is 2.26. The van der Waals surface area contributed by atoms with Crippen LogP contribution < -0.4 is 5.32 Å². The third-order valence-corrected chi connectivity index (χ3v) is 5.82. The minimum Gasteiger partial charge on any atom is -0.350 e. The smallest absolute Gasteiger partial charge is 0.251 e. The predicted molar refractivity (Wildman–Crippen MR) is 105 cm³/mol. The van der Waals surface area contributed by atoms with Crippen molar-refractivity contribution in [1.29, 1.82) is 0 Å². The monoisotopic (exact) mass is 354 g/mol. The Kier molecular flexibility index (Phi) is 6.16. The molecule has 1 amide bonds. The van der Waals surface area contributed by atoms with E-state index in [2.05, 4.69) is 48.5 Å². The summed E-state index contributed by atoms with van der Waals surface area (Å²) in [7, 11) is 2.15. The van der Waals surface area contributed by atoms with E-state index in [4.69, 9.17) is 0 Å². The van der Waals surface area contributed by atoms with Gasteiger partial charge in [-0.1, -0.05) is 30.3 Å². The summed E-state index contributed by atoms with van der Waals surface area (Å²) in [6, 6.07) is 19.4. The molecule has 1 aliphatic carbocycles. The molecule has 1 saturated carbocycles. The van der Waals surface area contributed by atoms with Gasteiger partial charge in [0.2, 0.25) is 0 Å². The van der Waals surface area contributed by atoms with E-state index in [1.54, 1.807) is 11.8 Å². The topological polar surface area (TPSA) is 32.3 Å². The van der Waals surface area contributed by atoms with Gasteiger partial charge in [-0.3, -0.25) is 9.69 Å². The molecule has 1 fully saturated rings. The largest absolute Gasteiger partial charge is 0.350 e. The molecule has 1 N–H and O–H groups in total. The molecule has 0 saturated heterocycles. The van der Waals surface area contributed by atoms with Crippen molar-refractivity contribution >= 4 is 17.7 Å². The van der Waals surface area contributed by atoms with Crippen LogP contribution in [0.2, 0.25) is 0 Å². The lowest BCUT2D eigenvalue weighted by Crippen LogP contribution is -2.41. The summed E-state index contributed by atoms with van der Waals surface area (Å²) in [5.41, 5.74) is 2.04. The van der Waals surface area contributed by atoms with Crippen molar-refractivity contribution in [1.82, 2.24) is 10.2 Å². The summed E-state index contributed by atoms with van der Waals surface area (Å²) < 4.78 is 0. The molecule has 0 aromatic heterocycles. The molecule has 0 radical (unpaired) electrons. The van der Waals surface area contributed by atoms with Gasteiger partial charge in [0.15, 0.2) is 0 Å². The Morgan fingerprint density at radius 3 is 2.48 bits per heavy atom. The Morgan fingerprint density at radius 1 is 1.16 bits per heavy atom. The summed E-state index contributed by atoms with van der Waals surface area (Å²) in [5.74, 6) is 0.952. The van der Waals surface area contributed by atoms with Crippen LogP contribution in [0.5, 0.6) is 0 Å². The number of amides is 1. The summed E-state index contributed by atoms with van der Waals surface area (Å²) in [5, 5.41) is 3.05. The zero-order valence-corrected chi connectivity index (χ0v) is 15.8. The van der Waals surface area contributed by atoms with E-state index < -0.39 is 0 Å². The zero-order valence-electron chi connectivity index (χ0n) is 14.9. The number of thioether (sulfide) groups is 1. The van der Waals surface area contributed by atoms with Crippen LogP contribution in [0.4, 0.5) is 0 Å². The number of carbonyl (C=O) groups excluding carboxylic acids is 1. The second-order valence-electron chi connectivity index (χ2n) is 6.75. The fourth-order valence-electron chi connectivity index (χ4n) is 2.77. The Balaban J connectivity index is 1.46. The van der Waals surface area contributed by atoms with Crippen molar-refractivity contribution in [2.75, 3.05) is 13.6 Å². The standard InChI is InChI=1S/C21H26N2OS/c1-16(23(2)19-10-11-19)14-22-21(24)18-8-12-20(13-9-18)25-15-17-6-4-3-5-7-17/h3-9,12-13,16,19H,10-11,14-15H2,1-2H3,(H,22,24). The van der Waals surface area contributed by atoms with Crippen LogP contribution in [0.3, 0.4) is 0 Å². The van der Waals surface area contributed by atoms with E-state index in [1.807, 2.05) is 30.3 Å². The van der Waals surface area contributed by atoms with E-state index >= 15 is 0 Å². The van der Waals surface area contributed by atoms with Gasteiger partial charge in [-0.25, -0.2) is 0 Å². The average molecular weight is 355 g/mol. The van der Waals surface area contributed by atoms with Crippen LogP contribution in [-0.4, -0.2) is 36.5 Å². The Hall–Kier alpha value is -1.78. The molecule has 0 aliphatic heterocycles. The third kappa shape index (κ3) is 5.35. The highest BCUT2D eigenvalue weighted by Gasteiger charge is 2.29. The molecule has 3 rings (SSSR count). The van der Waals surface area contributed by atoms with Gasteiger partial charge in [-0.15, -0.1) is 11.8 Å². The molecular weight excluding hydrogens is 328 g/mol. The number of hydrogen-bond acceptors (Lipinski definition) is 3. The molecule has 2 aromatic rings. The zero-order chi connectivity index (χ0) is 17.6. The van der Waals surface area contributed by atoms with E-state index in [0.717, 1.165) is 11.3 Å². The summed E-state index contributed by atoms with van der Waals surface area (Å²) in [6.07, 6.45) is 2.58. The third-order valence-electron chi connectivity index (χ3n) is 4.74. The molecule has 0 heterocycles. The quantitative estimate of drug-likeness (QED) is 0.722. The molecule has 0 spiro atoms. The first-order chi connectivity index (χ1) is 12.1. The molecule has 4 heteroatoms. The lowest BCUT2D eigenvalue weighted by atomic mass is 10.2. The molecular formula is C21H26N2OS. The lowest BCUT2D eigenvalue weighted by Gasteiger charge is -2.24. The fraction of sp³-hybridized carbons (Fsp3) is 0.381. The normalized spacial score (nSPS) is 15.2. The molecule has 0 bridgehead atoms. The molecule has 1 unspecified atom stereocenters. The van der Waals surface area contributed by atoms with Crippen molar-refractivity contribution in [2.24, 2.45) is 0 Å². The first kappa shape index (κ1) is 18.0. The highest BCUT2D eigenvalue weighted by molar-refractivity contribution is 7.98. The van der Waals surface area contributed by atoms with Gasteiger partial charge in [0.05, 0.1) is 0 Å². The van der Waals surface area contributed by atoms with Gasteiger partial charge in [0, 0.05) is 34.8 Å². The second-order valence-corrected chi connectivity index (χ2v) is 7.80. The van der Waals surface area contributed by atoms with Gasteiger partial charge < -0.3 is 5.32 Å². The van der Waals surface area contributed by atoms with Gasteiger partial charge in [-0.05, 0) is 56.6 Å². The Morgan fingerprint density at radius 2 is 1.84 bits per heavy atom. The number of hydrogen-bond donors (Lipinski definition) is 1. The number of nitrogens with one attached hydrogen (secondary N) is 1. The summed E-state index contributed by atoms with van der Waals surface area (Å²) >= 11 is 1.79. The highest BCUT2D eigenvalue weighted by atomic mass is 32.2. The van der Waals surface area contributed by atoms with Crippen LogP contribution in [0.25, 0.3) is 0 Å². The van der Waals surface area contributed by atoms with E-state index in [9.17, 15) is 4.79 Å². The van der Waals surface area contributed by atoms with Crippen LogP contribution in [0.15, 0.2) is 59.5 Å². The average Bonchev–Trinajstić information content (AvgIpc) is 3.50. The minimum atomic E-state index is 0.00987. The van der Waals surface area contributed by atoms with Crippen LogP contribution in [0.1, 0.15) is 35.7 Å². The number of likely N-dealkylation sites (N-methyl/N-ethyl adjacent to an activating group) is 1. The Labute approximate surface area is 154 Å². The van der Waals surface area contributed by atoms with E-state index in [-0.39, 0.29) is 5.91 Å². The second kappa shape index (κ2) is 8.54. The summed E-state index contributed by atoms with van der Waals surface area (Å²) in [4.78, 5) is 15.9. The van der Waals surface area contributed by atoms with Gasteiger partial charge >= 0.3 is 0 Å². The first-order valence-corrected chi connectivity index (χ1v) is 9.89. The number of rotatable bonds is 8. The van der Waals surface area contributed by atoms with E-state index in [1.165, 1.54) is 23.3 Å². The Bertz CT molecular complexity index is 683. The summed E-state index contributed by atoms with van der Waals surface area (Å²) in [6.45, 7) is 2.86. The predicted octanol–water partition coefficient (Wildman–Crippen LogP) is 4.19. The molecule has 1 atom stereocenters. The maximum absolute atomic E-state index is 12.3. The van der Waals surface area contributed by atoms with Crippen LogP contribution in [0, 0.1) is 0 Å². The molecule has 3 nitrogen and oxygen atoms in total. The fourth-order valence-corrected chi connectivity index (χ4v) is 3.63. The maximum Gasteiger partial charge on any atom is 0.251 e. The SMILES string of the molecule is CC(CNC(=O)c1ccc(SCc2ccccc2)cc1)N(C)C1CC1.